The van der Waals surface area contributed by atoms with Crippen molar-refractivity contribution < 1.29 is 14.3 Å². The molecule has 0 aliphatic carbocycles. The summed E-state index contributed by atoms with van der Waals surface area (Å²) >= 11 is 0. The molecule has 1 unspecified atom stereocenters. The van der Waals surface area contributed by atoms with Gasteiger partial charge in [-0.1, -0.05) is 6.92 Å². The van der Waals surface area contributed by atoms with Crippen LogP contribution in [0.5, 0.6) is 0 Å². The zero-order valence-electron chi connectivity index (χ0n) is 10.5. The van der Waals surface area contributed by atoms with Crippen molar-refractivity contribution in [1.29, 1.82) is 0 Å². The van der Waals surface area contributed by atoms with Crippen molar-refractivity contribution >= 4 is 11.9 Å². The van der Waals surface area contributed by atoms with Crippen LogP contribution >= 0.6 is 0 Å². The van der Waals surface area contributed by atoms with Crippen molar-refractivity contribution in [1.82, 2.24) is 9.80 Å². The van der Waals surface area contributed by atoms with Crippen LogP contribution in [0.2, 0.25) is 0 Å². The van der Waals surface area contributed by atoms with Gasteiger partial charge in [0.2, 0.25) is 5.91 Å². The lowest BCUT2D eigenvalue weighted by Gasteiger charge is -2.35. The number of nitrogens with two attached hydrogens (primary N) is 1. The number of carbonyl (C=O) groups is 2. The molecule has 1 aliphatic rings. The maximum Gasteiger partial charge on any atom is 0.319 e. The molecule has 1 fully saturated rings. The summed E-state index contributed by atoms with van der Waals surface area (Å²) in [6, 6.07) is -0.401. The fourth-order valence-electron chi connectivity index (χ4n) is 1.78. The Balaban J connectivity index is 2.35. The van der Waals surface area contributed by atoms with Gasteiger partial charge in [-0.05, 0) is 6.42 Å². The highest BCUT2D eigenvalue weighted by atomic mass is 16.5. The average molecular weight is 243 g/mol. The van der Waals surface area contributed by atoms with Crippen LogP contribution in [0.15, 0.2) is 0 Å². The first-order chi connectivity index (χ1) is 8.08. The van der Waals surface area contributed by atoms with Crippen LogP contribution in [0.1, 0.15) is 13.3 Å². The van der Waals surface area contributed by atoms with E-state index in [9.17, 15) is 9.59 Å². The SMILES string of the molecule is CCC(N)C(=O)N1CCN(CC(=O)OC)CC1. The molecule has 0 spiro atoms. The number of carbonyl (C=O) groups excluding carboxylic acids is 2. The smallest absolute Gasteiger partial charge is 0.319 e. The van der Waals surface area contributed by atoms with E-state index in [1.54, 1.807) is 4.90 Å². The molecule has 0 aromatic rings. The van der Waals surface area contributed by atoms with Crippen LogP contribution in [0.3, 0.4) is 0 Å². The third-order valence-electron chi connectivity index (χ3n) is 3.02. The fourth-order valence-corrected chi connectivity index (χ4v) is 1.78. The number of ether oxygens (including phenoxy) is 1. The fraction of sp³-hybridized carbons (Fsp3) is 0.818. The molecule has 0 aromatic heterocycles. The predicted molar refractivity (Wildman–Crippen MR) is 63.3 cm³/mol. The van der Waals surface area contributed by atoms with Gasteiger partial charge in [-0.2, -0.15) is 0 Å². The average Bonchev–Trinajstić information content (AvgIpc) is 2.37. The van der Waals surface area contributed by atoms with Crippen molar-refractivity contribution in [2.75, 3.05) is 39.8 Å². The number of esters is 1. The van der Waals surface area contributed by atoms with Crippen LogP contribution < -0.4 is 5.73 Å². The Morgan fingerprint density at radius 3 is 2.35 bits per heavy atom. The van der Waals surface area contributed by atoms with E-state index in [4.69, 9.17) is 5.73 Å². The van der Waals surface area contributed by atoms with Crippen LogP contribution in [0.25, 0.3) is 0 Å². The van der Waals surface area contributed by atoms with Crippen molar-refractivity contribution in [3.63, 3.8) is 0 Å². The molecule has 0 aromatic carbocycles. The topological polar surface area (TPSA) is 75.9 Å². The molecule has 1 amide bonds. The van der Waals surface area contributed by atoms with Crippen molar-refractivity contribution in [3.8, 4) is 0 Å². The Kier molecular flexibility index (Phi) is 5.37. The molecule has 1 aliphatic heterocycles. The summed E-state index contributed by atoms with van der Waals surface area (Å²) in [4.78, 5) is 26.6. The van der Waals surface area contributed by atoms with Gasteiger partial charge in [0.25, 0.3) is 0 Å². The zero-order valence-corrected chi connectivity index (χ0v) is 10.5. The Labute approximate surface area is 102 Å². The van der Waals surface area contributed by atoms with Crippen molar-refractivity contribution in [2.24, 2.45) is 5.73 Å². The molecule has 0 radical (unpaired) electrons. The minimum atomic E-state index is -0.401. The van der Waals surface area contributed by atoms with E-state index in [0.29, 0.717) is 39.1 Å². The van der Waals surface area contributed by atoms with E-state index in [1.165, 1.54) is 7.11 Å². The summed E-state index contributed by atoms with van der Waals surface area (Å²) in [7, 11) is 1.38. The summed E-state index contributed by atoms with van der Waals surface area (Å²) in [5.74, 6) is -0.236. The molecular weight excluding hydrogens is 222 g/mol. The predicted octanol–water partition coefficient (Wildman–Crippen LogP) is -0.959. The second kappa shape index (κ2) is 6.56. The Bertz CT molecular complexity index is 275. The third kappa shape index (κ3) is 3.98. The highest BCUT2D eigenvalue weighted by Crippen LogP contribution is 2.04. The molecule has 1 rings (SSSR count). The Morgan fingerprint density at radius 1 is 1.29 bits per heavy atom. The normalized spacial score (nSPS) is 18.9. The third-order valence-corrected chi connectivity index (χ3v) is 3.02. The molecule has 2 N–H and O–H groups in total. The number of methoxy groups -OCH3 is 1. The van der Waals surface area contributed by atoms with Gasteiger partial charge in [-0.25, -0.2) is 0 Å². The maximum absolute atomic E-state index is 11.8. The molecule has 1 atom stereocenters. The standard InChI is InChI=1S/C11H21N3O3/c1-3-9(12)11(16)14-6-4-13(5-7-14)8-10(15)17-2/h9H,3-8,12H2,1-2H3. The van der Waals surface area contributed by atoms with Crippen LogP contribution in [-0.4, -0.2) is 67.6 Å². The summed E-state index contributed by atoms with van der Waals surface area (Å²) in [5.41, 5.74) is 5.71. The number of nitrogens with zero attached hydrogens (tertiary/aromatic N) is 2. The van der Waals surface area contributed by atoms with E-state index < -0.39 is 6.04 Å². The summed E-state index contributed by atoms with van der Waals surface area (Å²) in [6.07, 6.45) is 0.654. The number of hydrogen-bond donors (Lipinski definition) is 1. The van der Waals surface area contributed by atoms with Crippen molar-refractivity contribution in [3.05, 3.63) is 0 Å². The first-order valence-corrected chi connectivity index (χ1v) is 5.92. The minimum Gasteiger partial charge on any atom is -0.468 e. The summed E-state index contributed by atoms with van der Waals surface area (Å²) < 4.78 is 4.60. The van der Waals surface area contributed by atoms with Gasteiger partial charge in [0.1, 0.15) is 0 Å². The number of rotatable bonds is 4. The molecule has 6 nitrogen and oxygen atoms in total. The molecule has 98 valence electrons. The first kappa shape index (κ1) is 13.9. The molecule has 17 heavy (non-hydrogen) atoms. The lowest BCUT2D eigenvalue weighted by Crippen LogP contribution is -2.53. The molecule has 6 heteroatoms. The van der Waals surface area contributed by atoms with Gasteiger partial charge < -0.3 is 15.4 Å². The Hall–Kier alpha value is -1.14. The number of hydrogen-bond acceptors (Lipinski definition) is 5. The van der Waals surface area contributed by atoms with Gasteiger partial charge in [0, 0.05) is 26.2 Å². The zero-order chi connectivity index (χ0) is 12.8. The van der Waals surface area contributed by atoms with E-state index >= 15 is 0 Å². The summed E-state index contributed by atoms with van der Waals surface area (Å²) in [6.45, 7) is 4.83. The number of amides is 1. The second-order valence-corrected chi connectivity index (χ2v) is 4.19. The van der Waals surface area contributed by atoms with Gasteiger partial charge in [-0.3, -0.25) is 14.5 Å². The van der Waals surface area contributed by atoms with Gasteiger partial charge >= 0.3 is 5.97 Å². The van der Waals surface area contributed by atoms with E-state index in [-0.39, 0.29) is 11.9 Å². The summed E-state index contributed by atoms with van der Waals surface area (Å²) in [5, 5.41) is 0. The van der Waals surface area contributed by atoms with E-state index in [2.05, 4.69) is 4.74 Å². The van der Waals surface area contributed by atoms with Gasteiger partial charge in [0.15, 0.2) is 0 Å². The molecule has 1 heterocycles. The second-order valence-electron chi connectivity index (χ2n) is 4.19. The quantitative estimate of drug-likeness (QED) is 0.644. The Morgan fingerprint density at radius 2 is 1.88 bits per heavy atom. The highest BCUT2D eigenvalue weighted by Gasteiger charge is 2.25. The monoisotopic (exact) mass is 243 g/mol. The lowest BCUT2D eigenvalue weighted by atomic mass is 10.2. The molecule has 1 saturated heterocycles. The van der Waals surface area contributed by atoms with Crippen molar-refractivity contribution in [2.45, 2.75) is 19.4 Å². The van der Waals surface area contributed by atoms with Gasteiger partial charge in [0.05, 0.1) is 19.7 Å². The van der Waals surface area contributed by atoms with Gasteiger partial charge in [-0.15, -0.1) is 0 Å². The van der Waals surface area contributed by atoms with Crippen LogP contribution in [0.4, 0.5) is 0 Å². The highest BCUT2D eigenvalue weighted by molar-refractivity contribution is 5.81. The number of piperazine rings is 1. The maximum atomic E-state index is 11.8. The molecule has 0 bridgehead atoms. The van der Waals surface area contributed by atoms with E-state index in [1.807, 2.05) is 11.8 Å². The van der Waals surface area contributed by atoms with Crippen LogP contribution in [-0.2, 0) is 14.3 Å². The van der Waals surface area contributed by atoms with E-state index in [0.717, 1.165) is 0 Å². The minimum absolute atomic E-state index is 0.00483. The first-order valence-electron chi connectivity index (χ1n) is 5.92. The molecular formula is C11H21N3O3. The largest absolute Gasteiger partial charge is 0.468 e. The molecule has 0 saturated carbocycles. The van der Waals surface area contributed by atoms with Crippen LogP contribution in [0, 0.1) is 0 Å². The lowest BCUT2D eigenvalue weighted by molar-refractivity contribution is -0.142.